The number of nitrogens with zero attached hydrogens (tertiary/aromatic N) is 2. The molecule has 0 amide bonds. The van der Waals surface area contributed by atoms with Gasteiger partial charge in [0.1, 0.15) is 17.6 Å². The summed E-state index contributed by atoms with van der Waals surface area (Å²) in [5.74, 6) is -0.949. The highest BCUT2D eigenvalue weighted by molar-refractivity contribution is 14.2. The predicted molar refractivity (Wildman–Crippen MR) is 103 cm³/mol. The van der Waals surface area contributed by atoms with Gasteiger partial charge in [0.05, 0.1) is 11.1 Å². The first kappa shape index (κ1) is 18.0. The van der Waals surface area contributed by atoms with Crippen LogP contribution in [-0.2, 0) is 6.42 Å². The van der Waals surface area contributed by atoms with Gasteiger partial charge in [0.2, 0.25) is 0 Å². The summed E-state index contributed by atoms with van der Waals surface area (Å²) in [5, 5.41) is 9.77. The van der Waals surface area contributed by atoms with Crippen molar-refractivity contribution < 1.29 is 13.5 Å². The van der Waals surface area contributed by atoms with E-state index < -0.39 is 11.6 Å². The van der Waals surface area contributed by atoms with Crippen molar-refractivity contribution in [2.24, 2.45) is 5.73 Å². The van der Waals surface area contributed by atoms with Crippen LogP contribution in [0.3, 0.4) is 0 Å². The van der Waals surface area contributed by atoms with Crippen LogP contribution in [0.2, 0.25) is 0 Å². The van der Waals surface area contributed by atoms with Crippen LogP contribution in [0.15, 0.2) is 36.5 Å². The zero-order chi connectivity index (χ0) is 18.0. The Hall–Kier alpha value is -1.83. The van der Waals surface area contributed by atoms with Crippen LogP contribution in [0.25, 0.3) is 10.9 Å². The summed E-state index contributed by atoms with van der Waals surface area (Å²) in [5.41, 5.74) is 6.89. The van der Waals surface area contributed by atoms with Crippen molar-refractivity contribution in [3.05, 3.63) is 59.3 Å². The number of rotatable bonds is 5. The van der Waals surface area contributed by atoms with E-state index in [4.69, 9.17) is 15.7 Å². The van der Waals surface area contributed by atoms with Gasteiger partial charge in [-0.15, -0.1) is 0 Å². The van der Waals surface area contributed by atoms with Gasteiger partial charge >= 0.3 is 0 Å². The molecule has 2 aromatic carbocycles. The van der Waals surface area contributed by atoms with Gasteiger partial charge in [-0.05, 0) is 31.2 Å². The Morgan fingerprint density at radius 3 is 2.72 bits per heavy atom. The standard InChI is InChI=1S/C17H12F2IN3OS/c18-14-2-1-11(7-10(14)9-22)24-17-13(3-5-21)12-4-6-23(25-20)16(12)8-15(17)19/h1-2,4,6-8H,3,5,21H2. The van der Waals surface area contributed by atoms with Crippen LogP contribution in [0.1, 0.15) is 11.1 Å². The molecule has 0 bridgehead atoms. The highest BCUT2D eigenvalue weighted by Crippen LogP contribution is 2.37. The van der Waals surface area contributed by atoms with Crippen LogP contribution >= 0.6 is 30.3 Å². The molecule has 3 aromatic rings. The molecule has 0 spiro atoms. The van der Waals surface area contributed by atoms with E-state index in [1.165, 1.54) is 27.3 Å². The molecule has 8 heteroatoms. The maximum atomic E-state index is 14.7. The maximum absolute atomic E-state index is 14.7. The van der Waals surface area contributed by atoms with E-state index in [9.17, 15) is 8.78 Å². The molecule has 0 saturated carbocycles. The molecule has 3 rings (SSSR count). The molecule has 2 N–H and O–H groups in total. The van der Waals surface area contributed by atoms with Crippen LogP contribution in [0.5, 0.6) is 11.5 Å². The van der Waals surface area contributed by atoms with E-state index in [0.717, 1.165) is 17.0 Å². The van der Waals surface area contributed by atoms with E-state index in [0.29, 0.717) is 18.5 Å². The van der Waals surface area contributed by atoms with Crippen molar-refractivity contribution in [1.82, 2.24) is 3.97 Å². The summed E-state index contributed by atoms with van der Waals surface area (Å²) < 4.78 is 35.7. The molecule has 0 unspecified atom stereocenters. The molecule has 25 heavy (non-hydrogen) atoms. The molecule has 0 saturated heterocycles. The zero-order valence-corrected chi connectivity index (χ0v) is 15.8. The smallest absolute Gasteiger partial charge is 0.168 e. The predicted octanol–water partition coefficient (Wildman–Crippen LogP) is 4.93. The number of hydrogen-bond donors (Lipinski definition) is 1. The second-order valence-electron chi connectivity index (χ2n) is 5.20. The van der Waals surface area contributed by atoms with Crippen LogP contribution in [0.4, 0.5) is 8.78 Å². The van der Waals surface area contributed by atoms with Crippen molar-refractivity contribution in [2.75, 3.05) is 6.54 Å². The molecule has 1 aromatic heterocycles. The lowest BCUT2D eigenvalue weighted by molar-refractivity contribution is 0.436. The Bertz CT molecular complexity index is 984. The lowest BCUT2D eigenvalue weighted by Crippen LogP contribution is -2.06. The number of nitrogens with two attached hydrogens (primary N) is 1. The van der Waals surface area contributed by atoms with Gasteiger partial charge in [0, 0.05) is 59.6 Å². The Morgan fingerprint density at radius 1 is 1.24 bits per heavy atom. The molecule has 0 aliphatic heterocycles. The van der Waals surface area contributed by atoms with Crippen LogP contribution in [0, 0.1) is 23.0 Å². The Kier molecular flexibility index (Phi) is 5.46. The summed E-state index contributed by atoms with van der Waals surface area (Å²) in [6.07, 6.45) is 2.27. The second kappa shape index (κ2) is 7.59. The third-order valence-corrected chi connectivity index (χ3v) is 5.46. The van der Waals surface area contributed by atoms with Gasteiger partial charge in [-0.25, -0.2) is 8.78 Å². The fourth-order valence-electron chi connectivity index (χ4n) is 2.61. The van der Waals surface area contributed by atoms with Crippen LogP contribution < -0.4 is 10.5 Å². The molecule has 0 radical (unpaired) electrons. The largest absolute Gasteiger partial charge is 0.454 e. The number of benzene rings is 2. The van der Waals surface area contributed by atoms with Crippen molar-refractivity contribution >= 4 is 41.2 Å². The van der Waals surface area contributed by atoms with Crippen molar-refractivity contribution in [2.45, 2.75) is 6.42 Å². The average molecular weight is 471 g/mol. The molecule has 1 heterocycles. The number of fused-ring (bicyclic) bond motifs is 1. The Labute approximate surface area is 159 Å². The second-order valence-corrected chi connectivity index (χ2v) is 6.92. The normalized spacial score (nSPS) is 10.8. The van der Waals surface area contributed by atoms with E-state index in [2.05, 4.69) is 21.2 Å². The average Bonchev–Trinajstić information content (AvgIpc) is 3.02. The number of hydrogen-bond acceptors (Lipinski definition) is 4. The van der Waals surface area contributed by atoms with Gasteiger partial charge in [-0.2, -0.15) is 5.26 Å². The van der Waals surface area contributed by atoms with Crippen molar-refractivity contribution in [3.63, 3.8) is 0 Å². The molecule has 4 nitrogen and oxygen atoms in total. The first-order valence-corrected chi connectivity index (χ1v) is 10.6. The molecule has 0 aliphatic carbocycles. The Balaban J connectivity index is 2.13. The summed E-state index contributed by atoms with van der Waals surface area (Å²) >= 11 is 2.12. The van der Waals surface area contributed by atoms with E-state index in [-0.39, 0.29) is 17.1 Å². The number of halogens is 3. The van der Waals surface area contributed by atoms with Crippen molar-refractivity contribution in [1.29, 1.82) is 5.26 Å². The van der Waals surface area contributed by atoms with Gasteiger partial charge in [-0.1, -0.05) is 0 Å². The molecule has 0 atom stereocenters. The third-order valence-electron chi connectivity index (χ3n) is 3.72. The summed E-state index contributed by atoms with van der Waals surface area (Å²) in [4.78, 5) is 0. The van der Waals surface area contributed by atoms with Crippen molar-refractivity contribution in [3.8, 4) is 17.6 Å². The summed E-state index contributed by atoms with van der Waals surface area (Å²) in [6.45, 7) is 0.324. The minimum Gasteiger partial charge on any atom is -0.454 e. The number of nitriles is 1. The Morgan fingerprint density at radius 2 is 2.04 bits per heavy atom. The first-order chi connectivity index (χ1) is 12.1. The quantitative estimate of drug-likeness (QED) is 0.536. The third kappa shape index (κ3) is 3.44. The minimum absolute atomic E-state index is 0.0460. The molecule has 128 valence electrons. The lowest BCUT2D eigenvalue weighted by Gasteiger charge is -2.14. The van der Waals surface area contributed by atoms with Gasteiger partial charge in [-0.3, -0.25) is 3.97 Å². The topological polar surface area (TPSA) is 64.0 Å². The number of aromatic nitrogens is 1. The summed E-state index contributed by atoms with van der Waals surface area (Å²) in [7, 11) is 1.43. The zero-order valence-electron chi connectivity index (χ0n) is 12.8. The number of ether oxygens (including phenoxy) is 1. The highest BCUT2D eigenvalue weighted by Gasteiger charge is 2.18. The fraction of sp³-hybridized carbons (Fsp3) is 0.118. The monoisotopic (exact) mass is 471 g/mol. The lowest BCUT2D eigenvalue weighted by atomic mass is 10.1. The molecular weight excluding hydrogens is 459 g/mol. The molecular formula is C17H12F2IN3OS. The maximum Gasteiger partial charge on any atom is 0.168 e. The SMILES string of the molecule is N#Cc1cc(Oc2c(F)cc3c(ccn3SI)c2CCN)ccc1F. The van der Waals surface area contributed by atoms with Gasteiger partial charge in [0.25, 0.3) is 0 Å². The van der Waals surface area contributed by atoms with E-state index >= 15 is 0 Å². The fourth-order valence-corrected chi connectivity index (χ4v) is 3.97. The van der Waals surface area contributed by atoms with Crippen LogP contribution in [-0.4, -0.2) is 10.5 Å². The minimum atomic E-state index is -0.649. The first-order valence-electron chi connectivity index (χ1n) is 7.28. The summed E-state index contributed by atoms with van der Waals surface area (Å²) in [6, 6.07) is 8.74. The van der Waals surface area contributed by atoms with Gasteiger partial charge in [0.15, 0.2) is 11.6 Å². The van der Waals surface area contributed by atoms with E-state index in [1.807, 2.05) is 16.2 Å². The van der Waals surface area contributed by atoms with Gasteiger partial charge < -0.3 is 10.5 Å². The highest BCUT2D eigenvalue weighted by atomic mass is 127. The molecule has 0 aliphatic rings. The molecule has 0 fully saturated rings. The van der Waals surface area contributed by atoms with E-state index in [1.54, 1.807) is 6.07 Å².